The van der Waals surface area contributed by atoms with Gasteiger partial charge in [0.05, 0.1) is 11.2 Å². The second-order valence-corrected chi connectivity index (χ2v) is 6.00. The number of benzene rings is 2. The van der Waals surface area contributed by atoms with Gasteiger partial charge in [0, 0.05) is 10.7 Å². The van der Waals surface area contributed by atoms with Gasteiger partial charge in [0.15, 0.2) is 5.82 Å². The van der Waals surface area contributed by atoms with Gasteiger partial charge in [-0.25, -0.2) is 0 Å². The molecule has 118 valence electrons. The molecule has 0 unspecified atom stereocenters. The highest BCUT2D eigenvalue weighted by Crippen LogP contribution is 2.29. The molecule has 0 radical (unpaired) electrons. The van der Waals surface area contributed by atoms with E-state index < -0.39 is 5.54 Å². The predicted octanol–water partition coefficient (Wildman–Crippen LogP) is 4.05. The van der Waals surface area contributed by atoms with Crippen LogP contribution in [0.1, 0.15) is 26.1 Å². The summed E-state index contributed by atoms with van der Waals surface area (Å²) in [7, 11) is 0. The van der Waals surface area contributed by atoms with Crippen molar-refractivity contribution in [3.8, 4) is 5.69 Å². The number of tetrazole rings is 1. The molecule has 0 bridgehead atoms. The first-order valence-corrected chi connectivity index (χ1v) is 7.88. The minimum atomic E-state index is -0.398. The van der Waals surface area contributed by atoms with Crippen LogP contribution in [-0.2, 0) is 5.54 Å². The molecule has 2 aromatic carbocycles. The number of halogens is 1. The average molecular weight is 328 g/mol. The monoisotopic (exact) mass is 327 g/mol. The van der Waals surface area contributed by atoms with E-state index in [-0.39, 0.29) is 0 Å². The highest BCUT2D eigenvalue weighted by molar-refractivity contribution is 6.30. The summed E-state index contributed by atoms with van der Waals surface area (Å²) in [4.78, 5) is 0. The molecule has 1 aromatic heterocycles. The summed E-state index contributed by atoms with van der Waals surface area (Å²) < 4.78 is 1.75. The molecule has 0 aliphatic heterocycles. The molecule has 3 aromatic rings. The Morgan fingerprint density at radius 1 is 1.09 bits per heavy atom. The number of rotatable bonds is 5. The van der Waals surface area contributed by atoms with Crippen molar-refractivity contribution < 1.29 is 0 Å². The van der Waals surface area contributed by atoms with Crippen LogP contribution in [0.15, 0.2) is 54.6 Å². The summed E-state index contributed by atoms with van der Waals surface area (Å²) in [6, 6.07) is 17.5. The quantitative estimate of drug-likeness (QED) is 0.768. The van der Waals surface area contributed by atoms with Gasteiger partial charge in [-0.2, -0.15) is 4.68 Å². The van der Waals surface area contributed by atoms with Gasteiger partial charge in [0.25, 0.3) is 0 Å². The molecule has 0 aliphatic carbocycles. The summed E-state index contributed by atoms with van der Waals surface area (Å²) in [5.41, 5.74) is 1.51. The van der Waals surface area contributed by atoms with Gasteiger partial charge in [0.1, 0.15) is 0 Å². The van der Waals surface area contributed by atoms with E-state index in [4.69, 9.17) is 11.6 Å². The number of nitrogens with one attached hydrogen (secondary N) is 1. The van der Waals surface area contributed by atoms with Gasteiger partial charge < -0.3 is 5.32 Å². The Labute approximate surface area is 140 Å². The highest BCUT2D eigenvalue weighted by atomic mass is 35.5. The first-order chi connectivity index (χ1) is 11.1. The van der Waals surface area contributed by atoms with Gasteiger partial charge in [0.2, 0.25) is 0 Å². The van der Waals surface area contributed by atoms with Crippen molar-refractivity contribution in [3.05, 3.63) is 65.4 Å². The zero-order valence-electron chi connectivity index (χ0n) is 13.1. The Hall–Kier alpha value is -2.40. The molecule has 1 N–H and O–H groups in total. The number of anilines is 1. The number of hydrogen-bond donors (Lipinski definition) is 1. The van der Waals surface area contributed by atoms with Gasteiger partial charge in [-0.15, -0.1) is 5.10 Å². The number of para-hydroxylation sites is 1. The standard InChI is InChI=1S/C17H18ClN5/c1-3-17(2,19-14-7-5-4-6-8-14)16-20-21-22-23(16)15-11-9-13(18)10-12-15/h4-12,19H,3H2,1-2H3/t17-/m1/s1. The SMILES string of the molecule is CC[C@@](C)(Nc1ccccc1)c1nnnn1-c1ccc(Cl)cc1. The second kappa shape index (κ2) is 6.38. The molecular weight excluding hydrogens is 310 g/mol. The number of hydrogen-bond acceptors (Lipinski definition) is 4. The molecular formula is C17H18ClN5. The summed E-state index contributed by atoms with van der Waals surface area (Å²) in [5.74, 6) is 0.756. The fourth-order valence-corrected chi connectivity index (χ4v) is 2.56. The highest BCUT2D eigenvalue weighted by Gasteiger charge is 2.31. The summed E-state index contributed by atoms with van der Waals surface area (Å²) >= 11 is 5.96. The largest absolute Gasteiger partial charge is 0.373 e. The Kier molecular flexibility index (Phi) is 4.30. The number of aromatic nitrogens is 4. The summed E-state index contributed by atoms with van der Waals surface area (Å²) in [5, 5.41) is 16.5. The first-order valence-electron chi connectivity index (χ1n) is 7.50. The molecule has 1 heterocycles. The van der Waals surface area contributed by atoms with Crippen LogP contribution in [0.3, 0.4) is 0 Å². The topological polar surface area (TPSA) is 55.6 Å². The van der Waals surface area contributed by atoms with E-state index >= 15 is 0 Å². The van der Waals surface area contributed by atoms with Gasteiger partial charge in [-0.05, 0) is 60.2 Å². The van der Waals surface area contributed by atoms with Crippen LogP contribution >= 0.6 is 11.6 Å². The maximum atomic E-state index is 5.96. The van der Waals surface area contributed by atoms with Crippen LogP contribution < -0.4 is 5.32 Å². The molecule has 6 heteroatoms. The van der Waals surface area contributed by atoms with E-state index in [0.717, 1.165) is 23.6 Å². The minimum absolute atomic E-state index is 0.398. The number of nitrogens with zero attached hydrogens (tertiary/aromatic N) is 4. The van der Waals surface area contributed by atoms with Crippen LogP contribution in [0.2, 0.25) is 5.02 Å². The minimum Gasteiger partial charge on any atom is -0.373 e. The lowest BCUT2D eigenvalue weighted by Gasteiger charge is -2.29. The average Bonchev–Trinajstić information content (AvgIpc) is 3.07. The van der Waals surface area contributed by atoms with Gasteiger partial charge in [-0.3, -0.25) is 0 Å². The molecule has 0 saturated heterocycles. The molecule has 0 aliphatic rings. The summed E-state index contributed by atoms with van der Waals surface area (Å²) in [6.07, 6.45) is 0.829. The second-order valence-electron chi connectivity index (χ2n) is 5.57. The normalized spacial score (nSPS) is 13.5. The van der Waals surface area contributed by atoms with Gasteiger partial charge >= 0.3 is 0 Å². The van der Waals surface area contributed by atoms with Gasteiger partial charge in [-0.1, -0.05) is 36.7 Å². The van der Waals surface area contributed by atoms with Crippen LogP contribution in [-0.4, -0.2) is 20.2 Å². The van der Waals surface area contributed by atoms with Crippen molar-refractivity contribution >= 4 is 17.3 Å². The molecule has 1 atom stereocenters. The fraction of sp³-hybridized carbons (Fsp3) is 0.235. The van der Waals surface area contributed by atoms with Crippen LogP contribution in [0, 0.1) is 0 Å². The van der Waals surface area contributed by atoms with E-state index in [1.54, 1.807) is 4.68 Å². The van der Waals surface area contributed by atoms with Crippen molar-refractivity contribution in [2.75, 3.05) is 5.32 Å². The molecule has 0 fully saturated rings. The Morgan fingerprint density at radius 2 is 1.78 bits per heavy atom. The zero-order valence-corrected chi connectivity index (χ0v) is 13.8. The lowest BCUT2D eigenvalue weighted by Crippen LogP contribution is -2.34. The van der Waals surface area contributed by atoms with Crippen molar-refractivity contribution in [3.63, 3.8) is 0 Å². The third-order valence-electron chi connectivity index (χ3n) is 3.94. The molecule has 0 spiro atoms. The lowest BCUT2D eigenvalue weighted by molar-refractivity contribution is 0.474. The third-order valence-corrected chi connectivity index (χ3v) is 4.19. The Balaban J connectivity index is 1.99. The van der Waals surface area contributed by atoms with E-state index in [0.29, 0.717) is 5.02 Å². The molecule has 5 nitrogen and oxygen atoms in total. The molecule has 23 heavy (non-hydrogen) atoms. The molecule has 0 saturated carbocycles. The molecule has 0 amide bonds. The third kappa shape index (κ3) is 3.19. The lowest BCUT2D eigenvalue weighted by atomic mass is 9.97. The van der Waals surface area contributed by atoms with E-state index in [9.17, 15) is 0 Å². The fourth-order valence-electron chi connectivity index (χ4n) is 2.43. The zero-order chi connectivity index (χ0) is 16.3. The van der Waals surface area contributed by atoms with Crippen molar-refractivity contribution in [1.29, 1.82) is 0 Å². The molecule has 3 rings (SSSR count). The van der Waals surface area contributed by atoms with Crippen molar-refractivity contribution in [1.82, 2.24) is 20.2 Å². The smallest absolute Gasteiger partial charge is 0.181 e. The van der Waals surface area contributed by atoms with Crippen molar-refractivity contribution in [2.24, 2.45) is 0 Å². The Bertz CT molecular complexity index is 769. The van der Waals surface area contributed by atoms with Crippen LogP contribution in [0.5, 0.6) is 0 Å². The van der Waals surface area contributed by atoms with Crippen molar-refractivity contribution in [2.45, 2.75) is 25.8 Å². The first kappa shape index (κ1) is 15.5. The van der Waals surface area contributed by atoms with E-state index in [2.05, 4.69) is 34.7 Å². The van der Waals surface area contributed by atoms with E-state index in [1.807, 2.05) is 54.6 Å². The predicted molar refractivity (Wildman–Crippen MR) is 91.9 cm³/mol. The maximum absolute atomic E-state index is 5.96. The van der Waals surface area contributed by atoms with E-state index in [1.165, 1.54) is 0 Å². The Morgan fingerprint density at radius 3 is 2.43 bits per heavy atom. The van der Waals surface area contributed by atoms with Crippen LogP contribution in [0.4, 0.5) is 5.69 Å². The maximum Gasteiger partial charge on any atom is 0.181 e. The van der Waals surface area contributed by atoms with Crippen LogP contribution in [0.25, 0.3) is 5.69 Å². The summed E-state index contributed by atoms with van der Waals surface area (Å²) in [6.45, 7) is 4.20.